The van der Waals surface area contributed by atoms with E-state index in [2.05, 4.69) is 30.5 Å². The van der Waals surface area contributed by atoms with Gasteiger partial charge in [-0.15, -0.1) is 5.10 Å². The summed E-state index contributed by atoms with van der Waals surface area (Å²) >= 11 is 1.33. The largest absolute Gasteiger partial charge is 0.493 e. The van der Waals surface area contributed by atoms with Gasteiger partial charge in [0.05, 0.1) is 12.7 Å². The number of benzene rings is 2. The van der Waals surface area contributed by atoms with E-state index in [1.54, 1.807) is 18.2 Å². The Morgan fingerprint density at radius 3 is 2.59 bits per heavy atom. The first kappa shape index (κ1) is 23.2. The molecule has 0 fully saturated rings. The van der Waals surface area contributed by atoms with E-state index in [1.807, 2.05) is 6.26 Å². The molecule has 0 aliphatic carbocycles. The number of ether oxygens (including phenoxy) is 2. The molecule has 0 saturated carbocycles. The summed E-state index contributed by atoms with van der Waals surface area (Å²) in [5.41, 5.74) is 5.83. The fraction of sp³-hybridized carbons (Fsp3) is 0.143. The first-order chi connectivity index (χ1) is 16.2. The highest BCUT2D eigenvalue weighted by Gasteiger charge is 2.30. The van der Waals surface area contributed by atoms with E-state index in [-0.39, 0.29) is 23.3 Å². The van der Waals surface area contributed by atoms with Crippen molar-refractivity contribution in [1.82, 2.24) is 25.1 Å². The van der Waals surface area contributed by atoms with Crippen LogP contribution in [0.1, 0.15) is 5.56 Å². The van der Waals surface area contributed by atoms with E-state index in [4.69, 9.17) is 15.2 Å². The molecule has 2 aromatic carbocycles. The van der Waals surface area contributed by atoms with Crippen LogP contribution < -0.4 is 20.5 Å². The zero-order valence-electron chi connectivity index (χ0n) is 17.8. The number of H-pyrrole nitrogens is 1. The predicted octanol–water partition coefficient (Wildman–Crippen LogP) is 5.13. The molecule has 4 N–H and O–H groups in total. The van der Waals surface area contributed by atoms with Gasteiger partial charge in [-0.2, -0.15) is 23.1 Å². The Kier molecular flexibility index (Phi) is 6.45. The van der Waals surface area contributed by atoms with Crippen LogP contribution in [0.5, 0.6) is 17.4 Å². The summed E-state index contributed by atoms with van der Waals surface area (Å²) in [6, 6.07) is 11.3. The number of nitrogens with zero attached hydrogens (tertiary/aromatic N) is 4. The van der Waals surface area contributed by atoms with Crippen molar-refractivity contribution in [3.05, 3.63) is 54.1 Å². The molecule has 4 rings (SSSR count). The van der Waals surface area contributed by atoms with E-state index in [9.17, 15) is 13.2 Å². The van der Waals surface area contributed by atoms with Crippen molar-refractivity contribution in [1.29, 1.82) is 0 Å². The molecule has 9 nitrogen and oxygen atoms in total. The standard InChI is InChI=1S/C21H18F3N7O2S/c1-32-15-8-11(6-7-14(15)33-17-10-16(25)27-20(28-17)34-2)18-29-19(31-30-18)26-13-5-3-4-12(9-13)21(22,23)24/h3-10H,1-2H3,(H2,25,27,28)(H2,26,29,30,31). The van der Waals surface area contributed by atoms with E-state index in [1.165, 1.54) is 37.1 Å². The third-order valence-corrected chi connectivity index (χ3v) is 5.02. The van der Waals surface area contributed by atoms with Crippen molar-refractivity contribution in [3.63, 3.8) is 0 Å². The number of aromatic amines is 1. The van der Waals surface area contributed by atoms with Crippen LogP contribution in [-0.4, -0.2) is 38.5 Å². The third kappa shape index (κ3) is 5.31. The number of aromatic nitrogens is 5. The number of anilines is 3. The summed E-state index contributed by atoms with van der Waals surface area (Å²) in [4.78, 5) is 12.6. The number of nitrogens with two attached hydrogens (primary N) is 1. The molecule has 0 atom stereocenters. The molecule has 0 unspecified atom stereocenters. The minimum atomic E-state index is -4.45. The fourth-order valence-corrected chi connectivity index (χ4v) is 3.30. The molecule has 0 saturated heterocycles. The van der Waals surface area contributed by atoms with Crippen LogP contribution in [0.25, 0.3) is 11.4 Å². The number of nitrogens with one attached hydrogen (secondary N) is 2. The summed E-state index contributed by atoms with van der Waals surface area (Å²) in [6.07, 6.45) is -2.63. The average molecular weight is 489 g/mol. The maximum Gasteiger partial charge on any atom is 0.416 e. The molecular weight excluding hydrogens is 471 g/mol. The number of methoxy groups -OCH3 is 1. The first-order valence-electron chi connectivity index (χ1n) is 9.66. The molecule has 0 aliphatic rings. The number of hydrogen-bond acceptors (Lipinski definition) is 9. The van der Waals surface area contributed by atoms with Gasteiger partial charge < -0.3 is 20.5 Å². The Labute approximate surface area is 195 Å². The van der Waals surface area contributed by atoms with Gasteiger partial charge in [-0.3, -0.25) is 5.10 Å². The zero-order valence-corrected chi connectivity index (χ0v) is 18.7. The predicted molar refractivity (Wildman–Crippen MR) is 121 cm³/mol. The van der Waals surface area contributed by atoms with Crippen LogP contribution in [0.15, 0.2) is 53.7 Å². The molecule has 176 valence electrons. The summed E-state index contributed by atoms with van der Waals surface area (Å²) < 4.78 is 50.0. The Hall–Kier alpha value is -4.00. The van der Waals surface area contributed by atoms with Crippen molar-refractivity contribution in [2.24, 2.45) is 0 Å². The minimum Gasteiger partial charge on any atom is -0.493 e. The second-order valence-electron chi connectivity index (χ2n) is 6.80. The quantitative estimate of drug-likeness (QED) is 0.239. The van der Waals surface area contributed by atoms with Gasteiger partial charge in [0.25, 0.3) is 0 Å². The molecule has 0 amide bonds. The molecule has 13 heteroatoms. The molecule has 0 bridgehead atoms. The van der Waals surface area contributed by atoms with Crippen LogP contribution in [-0.2, 0) is 6.18 Å². The summed E-state index contributed by atoms with van der Waals surface area (Å²) in [6.45, 7) is 0. The van der Waals surface area contributed by atoms with E-state index >= 15 is 0 Å². The minimum absolute atomic E-state index is 0.106. The van der Waals surface area contributed by atoms with Gasteiger partial charge >= 0.3 is 6.18 Å². The SMILES string of the molecule is COc1cc(-c2nc(Nc3cccc(C(F)(F)F)c3)n[nH]2)ccc1Oc1cc(N)nc(SC)n1. The number of rotatable bonds is 7. The normalized spacial score (nSPS) is 11.3. The summed E-state index contributed by atoms with van der Waals surface area (Å²) in [5.74, 6) is 1.79. The topological polar surface area (TPSA) is 124 Å². The highest BCUT2D eigenvalue weighted by molar-refractivity contribution is 7.98. The first-order valence-corrected chi connectivity index (χ1v) is 10.9. The van der Waals surface area contributed by atoms with Gasteiger partial charge in [-0.25, -0.2) is 4.98 Å². The lowest BCUT2D eigenvalue weighted by Crippen LogP contribution is -2.05. The zero-order chi connectivity index (χ0) is 24.3. The number of halogens is 3. The van der Waals surface area contributed by atoms with Gasteiger partial charge in [0.2, 0.25) is 11.8 Å². The van der Waals surface area contributed by atoms with E-state index < -0.39 is 11.7 Å². The molecule has 0 aliphatic heterocycles. The Morgan fingerprint density at radius 1 is 1.03 bits per heavy atom. The fourth-order valence-electron chi connectivity index (χ4n) is 2.93. The maximum absolute atomic E-state index is 12.9. The molecule has 2 heterocycles. The number of thioether (sulfide) groups is 1. The molecule has 0 spiro atoms. The number of hydrogen-bond donors (Lipinski definition) is 3. The van der Waals surface area contributed by atoms with Crippen molar-refractivity contribution in [2.45, 2.75) is 11.3 Å². The molecule has 4 aromatic rings. The lowest BCUT2D eigenvalue weighted by molar-refractivity contribution is -0.137. The second kappa shape index (κ2) is 9.47. The monoisotopic (exact) mass is 489 g/mol. The highest BCUT2D eigenvalue weighted by Crippen LogP contribution is 2.35. The average Bonchev–Trinajstić information content (AvgIpc) is 3.27. The highest BCUT2D eigenvalue weighted by atomic mass is 32.2. The van der Waals surface area contributed by atoms with Crippen molar-refractivity contribution >= 4 is 29.2 Å². The Morgan fingerprint density at radius 2 is 1.85 bits per heavy atom. The van der Waals surface area contributed by atoms with Gasteiger partial charge in [0.15, 0.2) is 22.5 Å². The maximum atomic E-state index is 12.9. The van der Waals surface area contributed by atoms with Gasteiger partial charge in [0.1, 0.15) is 5.82 Å². The molecule has 34 heavy (non-hydrogen) atoms. The van der Waals surface area contributed by atoms with Crippen molar-refractivity contribution in [2.75, 3.05) is 24.4 Å². The molecule has 2 aromatic heterocycles. The van der Waals surface area contributed by atoms with Crippen LogP contribution >= 0.6 is 11.8 Å². The smallest absolute Gasteiger partial charge is 0.416 e. The van der Waals surface area contributed by atoms with Gasteiger partial charge in [0, 0.05) is 17.3 Å². The van der Waals surface area contributed by atoms with Crippen molar-refractivity contribution < 1.29 is 22.6 Å². The lowest BCUT2D eigenvalue weighted by Gasteiger charge is -2.11. The summed E-state index contributed by atoms with van der Waals surface area (Å²) in [7, 11) is 1.48. The van der Waals surface area contributed by atoms with Crippen molar-refractivity contribution in [3.8, 4) is 28.8 Å². The Bertz CT molecular complexity index is 1310. The van der Waals surface area contributed by atoms with Gasteiger partial charge in [-0.1, -0.05) is 17.8 Å². The second-order valence-corrected chi connectivity index (χ2v) is 7.57. The van der Waals surface area contributed by atoms with Crippen LogP contribution in [0.2, 0.25) is 0 Å². The lowest BCUT2D eigenvalue weighted by atomic mass is 10.2. The van der Waals surface area contributed by atoms with Crippen LogP contribution in [0.4, 0.5) is 30.6 Å². The Balaban J connectivity index is 1.54. The van der Waals surface area contributed by atoms with Crippen LogP contribution in [0, 0.1) is 0 Å². The molecule has 0 radical (unpaired) electrons. The number of nitrogen functional groups attached to an aromatic ring is 1. The molecular formula is C21H18F3N7O2S. The summed E-state index contributed by atoms with van der Waals surface area (Å²) in [5, 5.41) is 9.99. The number of alkyl halides is 3. The van der Waals surface area contributed by atoms with E-state index in [0.29, 0.717) is 28.0 Å². The third-order valence-electron chi connectivity index (χ3n) is 4.47. The van der Waals surface area contributed by atoms with Gasteiger partial charge in [-0.05, 0) is 42.7 Å². The van der Waals surface area contributed by atoms with E-state index in [0.717, 1.165) is 12.1 Å². The van der Waals surface area contributed by atoms with Crippen LogP contribution in [0.3, 0.4) is 0 Å².